The van der Waals surface area contributed by atoms with E-state index in [0.717, 1.165) is 0 Å². The Morgan fingerprint density at radius 2 is 2.33 bits per heavy atom. The number of hydrogen-bond donors (Lipinski definition) is 1. The molecular weight excluding hydrogens is 186 g/mol. The standard InChI is InChI=1S/C12H21N3/c1-9(2)15-6-4-5-11(8-15)12-10(3)7-13-14-12/h7,9,11H,4-6,8H2,1-3H3,(H,13,14)/t11-/m0/s1. The van der Waals surface area contributed by atoms with Gasteiger partial charge in [0, 0.05) is 24.2 Å². The molecule has 3 nitrogen and oxygen atoms in total. The molecule has 0 spiro atoms. The number of aromatic nitrogens is 2. The Bertz CT molecular complexity index is 316. The minimum Gasteiger partial charge on any atom is -0.300 e. The van der Waals surface area contributed by atoms with Gasteiger partial charge < -0.3 is 4.90 Å². The molecule has 1 fully saturated rings. The third-order valence-corrected chi connectivity index (χ3v) is 3.46. The van der Waals surface area contributed by atoms with Crippen molar-refractivity contribution in [2.24, 2.45) is 0 Å². The van der Waals surface area contributed by atoms with E-state index in [2.05, 4.69) is 35.9 Å². The van der Waals surface area contributed by atoms with Crippen LogP contribution in [0.15, 0.2) is 6.20 Å². The molecule has 2 rings (SSSR count). The molecule has 1 aromatic heterocycles. The Hall–Kier alpha value is -0.830. The molecule has 1 aliphatic heterocycles. The van der Waals surface area contributed by atoms with Gasteiger partial charge in [0.05, 0.1) is 6.20 Å². The Balaban J connectivity index is 2.08. The van der Waals surface area contributed by atoms with Crippen LogP contribution >= 0.6 is 0 Å². The molecule has 1 saturated heterocycles. The molecule has 1 aromatic rings. The van der Waals surface area contributed by atoms with Gasteiger partial charge in [0.2, 0.25) is 0 Å². The summed E-state index contributed by atoms with van der Waals surface area (Å²) < 4.78 is 0. The molecule has 0 radical (unpaired) electrons. The monoisotopic (exact) mass is 207 g/mol. The molecule has 1 atom stereocenters. The second-order valence-corrected chi connectivity index (χ2v) is 4.89. The first kappa shape index (κ1) is 10.7. The lowest BCUT2D eigenvalue weighted by molar-refractivity contribution is 0.166. The summed E-state index contributed by atoms with van der Waals surface area (Å²) >= 11 is 0. The van der Waals surface area contributed by atoms with Crippen LogP contribution in [0.1, 0.15) is 43.9 Å². The highest BCUT2D eigenvalue weighted by molar-refractivity contribution is 5.19. The first-order chi connectivity index (χ1) is 7.18. The van der Waals surface area contributed by atoms with Gasteiger partial charge in [-0.25, -0.2) is 0 Å². The van der Waals surface area contributed by atoms with Crippen LogP contribution < -0.4 is 0 Å². The van der Waals surface area contributed by atoms with E-state index in [4.69, 9.17) is 0 Å². The molecule has 0 bridgehead atoms. The fourth-order valence-corrected chi connectivity index (χ4v) is 2.48. The summed E-state index contributed by atoms with van der Waals surface area (Å²) in [4.78, 5) is 2.56. The molecule has 84 valence electrons. The van der Waals surface area contributed by atoms with Crippen LogP contribution in [0.4, 0.5) is 0 Å². The lowest BCUT2D eigenvalue weighted by Crippen LogP contribution is -2.39. The average molecular weight is 207 g/mol. The van der Waals surface area contributed by atoms with E-state index in [1.165, 1.54) is 37.2 Å². The van der Waals surface area contributed by atoms with Gasteiger partial charge in [-0.15, -0.1) is 0 Å². The second kappa shape index (κ2) is 4.35. The summed E-state index contributed by atoms with van der Waals surface area (Å²) in [6.45, 7) is 9.14. The number of hydrogen-bond acceptors (Lipinski definition) is 2. The zero-order chi connectivity index (χ0) is 10.8. The van der Waals surface area contributed by atoms with E-state index in [1.54, 1.807) is 0 Å². The van der Waals surface area contributed by atoms with Crippen molar-refractivity contribution in [3.05, 3.63) is 17.5 Å². The van der Waals surface area contributed by atoms with Gasteiger partial charge in [-0.05, 0) is 45.7 Å². The van der Waals surface area contributed by atoms with Gasteiger partial charge in [0.15, 0.2) is 0 Å². The van der Waals surface area contributed by atoms with Gasteiger partial charge in [0.1, 0.15) is 0 Å². The summed E-state index contributed by atoms with van der Waals surface area (Å²) in [5.74, 6) is 0.656. The van der Waals surface area contributed by atoms with E-state index in [0.29, 0.717) is 12.0 Å². The predicted molar refractivity (Wildman–Crippen MR) is 62.0 cm³/mol. The maximum atomic E-state index is 4.12. The molecule has 0 saturated carbocycles. The maximum absolute atomic E-state index is 4.12. The zero-order valence-corrected chi connectivity index (χ0v) is 9.95. The van der Waals surface area contributed by atoms with Crippen molar-refractivity contribution < 1.29 is 0 Å². The molecule has 0 aliphatic carbocycles. The van der Waals surface area contributed by atoms with Gasteiger partial charge in [0.25, 0.3) is 0 Å². The molecule has 0 aromatic carbocycles. The zero-order valence-electron chi connectivity index (χ0n) is 9.95. The summed E-state index contributed by atoms with van der Waals surface area (Å²) in [6, 6.07) is 0.663. The van der Waals surface area contributed by atoms with E-state index in [1.807, 2.05) is 6.20 Å². The molecule has 0 unspecified atom stereocenters. The van der Waals surface area contributed by atoms with Crippen LogP contribution in [-0.2, 0) is 0 Å². The van der Waals surface area contributed by atoms with E-state index in [-0.39, 0.29) is 0 Å². The molecule has 15 heavy (non-hydrogen) atoms. The Kier molecular flexibility index (Phi) is 3.10. The van der Waals surface area contributed by atoms with Gasteiger partial charge in [-0.2, -0.15) is 5.10 Å². The minimum atomic E-state index is 0.656. The highest BCUT2D eigenvalue weighted by Crippen LogP contribution is 2.28. The third kappa shape index (κ3) is 2.23. The quantitative estimate of drug-likeness (QED) is 0.807. The van der Waals surface area contributed by atoms with Gasteiger partial charge >= 0.3 is 0 Å². The fraction of sp³-hybridized carbons (Fsp3) is 0.750. The van der Waals surface area contributed by atoms with Crippen molar-refractivity contribution in [3.63, 3.8) is 0 Å². The van der Waals surface area contributed by atoms with Gasteiger partial charge in [-0.3, -0.25) is 5.10 Å². The molecule has 0 amide bonds. The molecule has 2 heterocycles. The highest BCUT2D eigenvalue weighted by atomic mass is 15.2. The molecule has 3 heteroatoms. The number of likely N-dealkylation sites (tertiary alicyclic amines) is 1. The van der Waals surface area contributed by atoms with Crippen LogP contribution in [0.3, 0.4) is 0 Å². The van der Waals surface area contributed by atoms with Crippen LogP contribution in [0.5, 0.6) is 0 Å². The Morgan fingerprint density at radius 1 is 1.53 bits per heavy atom. The topological polar surface area (TPSA) is 31.9 Å². The van der Waals surface area contributed by atoms with Crippen molar-refractivity contribution in [2.45, 2.75) is 45.6 Å². The Labute approximate surface area is 91.9 Å². The average Bonchev–Trinajstić information content (AvgIpc) is 2.64. The van der Waals surface area contributed by atoms with Gasteiger partial charge in [-0.1, -0.05) is 0 Å². The second-order valence-electron chi connectivity index (χ2n) is 4.89. The van der Waals surface area contributed by atoms with Crippen molar-refractivity contribution in [1.82, 2.24) is 15.1 Å². The van der Waals surface area contributed by atoms with E-state index in [9.17, 15) is 0 Å². The van der Waals surface area contributed by atoms with Crippen LogP contribution in [-0.4, -0.2) is 34.2 Å². The first-order valence-electron chi connectivity index (χ1n) is 5.92. The van der Waals surface area contributed by atoms with Crippen molar-refractivity contribution in [3.8, 4) is 0 Å². The number of aromatic amines is 1. The lowest BCUT2D eigenvalue weighted by Gasteiger charge is -2.35. The summed E-state index contributed by atoms with van der Waals surface area (Å²) in [5.41, 5.74) is 2.66. The van der Waals surface area contributed by atoms with Crippen molar-refractivity contribution in [1.29, 1.82) is 0 Å². The first-order valence-corrected chi connectivity index (χ1v) is 5.92. The third-order valence-electron chi connectivity index (χ3n) is 3.46. The predicted octanol–water partition coefficient (Wildman–Crippen LogP) is 2.31. The number of piperidine rings is 1. The number of H-pyrrole nitrogens is 1. The minimum absolute atomic E-state index is 0.656. The number of aryl methyl sites for hydroxylation is 1. The van der Waals surface area contributed by atoms with E-state index < -0.39 is 0 Å². The highest BCUT2D eigenvalue weighted by Gasteiger charge is 2.24. The normalized spacial score (nSPS) is 23.6. The number of rotatable bonds is 2. The molecular formula is C12H21N3. The van der Waals surface area contributed by atoms with Crippen LogP contribution in [0, 0.1) is 6.92 Å². The summed E-state index contributed by atoms with van der Waals surface area (Å²) in [5, 5.41) is 7.28. The molecule has 1 N–H and O–H groups in total. The number of nitrogens with one attached hydrogen (secondary N) is 1. The van der Waals surface area contributed by atoms with Crippen LogP contribution in [0.2, 0.25) is 0 Å². The lowest BCUT2D eigenvalue weighted by atomic mass is 9.92. The van der Waals surface area contributed by atoms with Crippen molar-refractivity contribution in [2.75, 3.05) is 13.1 Å². The van der Waals surface area contributed by atoms with E-state index >= 15 is 0 Å². The molecule has 1 aliphatic rings. The fourth-order valence-electron chi connectivity index (χ4n) is 2.48. The van der Waals surface area contributed by atoms with Crippen LogP contribution in [0.25, 0.3) is 0 Å². The maximum Gasteiger partial charge on any atom is 0.0519 e. The summed E-state index contributed by atoms with van der Waals surface area (Å²) in [7, 11) is 0. The largest absolute Gasteiger partial charge is 0.300 e. The summed E-state index contributed by atoms with van der Waals surface area (Å²) in [6.07, 6.45) is 4.54. The smallest absolute Gasteiger partial charge is 0.0519 e. The SMILES string of the molecule is Cc1cn[nH]c1[C@H]1CCCN(C(C)C)C1. The number of nitrogens with zero attached hydrogens (tertiary/aromatic N) is 2. The van der Waals surface area contributed by atoms with Crippen molar-refractivity contribution >= 4 is 0 Å². The Morgan fingerprint density at radius 3 is 2.93 bits per heavy atom.